The molecule has 3 aromatic rings. The summed E-state index contributed by atoms with van der Waals surface area (Å²) in [5, 5.41) is 7.12. The molecule has 0 amide bonds. The molecule has 33 heavy (non-hydrogen) atoms. The van der Waals surface area contributed by atoms with Gasteiger partial charge in [-0.1, -0.05) is 42.0 Å². The van der Waals surface area contributed by atoms with Crippen LogP contribution in [0.25, 0.3) is 0 Å². The van der Waals surface area contributed by atoms with Crippen LogP contribution in [-0.4, -0.2) is 31.5 Å². The van der Waals surface area contributed by atoms with Crippen LogP contribution in [0.5, 0.6) is 23.0 Å². The lowest BCUT2D eigenvalue weighted by Gasteiger charge is -2.38. The standard InChI is InChI=1S/C27H28N2O4/c1-5-32-24-8-6-7-20-22-16-21(18-11-9-17(2)10-12-18)28-29(22)27(33-26(20)24)19-13-14-23(30-3)25(15-19)31-4/h6-15,22,27H,5,16H2,1-4H3. The molecule has 2 atom stereocenters. The van der Waals surface area contributed by atoms with Gasteiger partial charge < -0.3 is 18.9 Å². The Balaban J connectivity index is 1.61. The zero-order valence-electron chi connectivity index (χ0n) is 19.4. The summed E-state index contributed by atoms with van der Waals surface area (Å²) < 4.78 is 23.5. The van der Waals surface area contributed by atoms with Gasteiger partial charge in [-0.05, 0) is 43.7 Å². The zero-order chi connectivity index (χ0) is 22.9. The third kappa shape index (κ3) is 3.75. The van der Waals surface area contributed by atoms with Gasteiger partial charge in [-0.25, -0.2) is 5.01 Å². The number of methoxy groups -OCH3 is 2. The van der Waals surface area contributed by atoms with Crippen molar-refractivity contribution in [3.8, 4) is 23.0 Å². The average Bonchev–Trinajstić information content (AvgIpc) is 3.30. The van der Waals surface area contributed by atoms with E-state index in [0.29, 0.717) is 18.1 Å². The number of hydrazone groups is 1. The number of hydrogen-bond acceptors (Lipinski definition) is 6. The van der Waals surface area contributed by atoms with Crippen LogP contribution in [0, 0.1) is 6.92 Å². The largest absolute Gasteiger partial charge is 0.493 e. The maximum absolute atomic E-state index is 6.59. The highest BCUT2D eigenvalue weighted by Gasteiger charge is 2.42. The van der Waals surface area contributed by atoms with E-state index >= 15 is 0 Å². The van der Waals surface area contributed by atoms with E-state index in [4.69, 9.17) is 24.0 Å². The molecule has 6 nitrogen and oxygen atoms in total. The summed E-state index contributed by atoms with van der Waals surface area (Å²) >= 11 is 0. The second kappa shape index (κ2) is 8.70. The lowest BCUT2D eigenvalue weighted by Crippen LogP contribution is -2.34. The Morgan fingerprint density at radius 1 is 0.970 bits per heavy atom. The van der Waals surface area contributed by atoms with Crippen molar-refractivity contribution in [1.82, 2.24) is 5.01 Å². The van der Waals surface area contributed by atoms with E-state index in [1.54, 1.807) is 14.2 Å². The SMILES string of the molecule is CCOc1cccc2c1OC(c1ccc(OC)c(OC)c1)N1N=C(c3ccc(C)cc3)CC21. The van der Waals surface area contributed by atoms with E-state index in [2.05, 4.69) is 42.3 Å². The zero-order valence-corrected chi connectivity index (χ0v) is 19.4. The van der Waals surface area contributed by atoms with Crippen molar-refractivity contribution >= 4 is 5.71 Å². The third-order valence-corrected chi connectivity index (χ3v) is 6.16. The smallest absolute Gasteiger partial charge is 0.214 e. The summed E-state index contributed by atoms with van der Waals surface area (Å²) in [5.74, 6) is 2.86. The molecule has 0 fully saturated rings. The molecule has 6 heteroatoms. The minimum absolute atomic E-state index is 0.0450. The van der Waals surface area contributed by atoms with Gasteiger partial charge in [0.25, 0.3) is 0 Å². The molecule has 0 saturated carbocycles. The molecule has 0 aliphatic carbocycles. The number of fused-ring (bicyclic) bond motifs is 3. The molecule has 3 aromatic carbocycles. The first kappa shape index (κ1) is 21.2. The first-order chi connectivity index (χ1) is 16.1. The molecule has 2 unspecified atom stereocenters. The Morgan fingerprint density at radius 2 is 1.76 bits per heavy atom. The molecule has 2 heterocycles. The van der Waals surface area contributed by atoms with Crippen molar-refractivity contribution in [3.63, 3.8) is 0 Å². The fourth-order valence-electron chi connectivity index (χ4n) is 4.50. The summed E-state index contributed by atoms with van der Waals surface area (Å²) in [7, 11) is 3.27. The van der Waals surface area contributed by atoms with Gasteiger partial charge in [0.05, 0.1) is 32.6 Å². The Hall–Kier alpha value is -3.67. The van der Waals surface area contributed by atoms with E-state index in [1.807, 2.05) is 37.3 Å². The normalized spacial score (nSPS) is 18.7. The minimum atomic E-state index is -0.424. The fraction of sp³-hybridized carbons (Fsp3) is 0.296. The number of aryl methyl sites for hydroxylation is 1. The van der Waals surface area contributed by atoms with Crippen LogP contribution >= 0.6 is 0 Å². The molecule has 2 aliphatic rings. The van der Waals surface area contributed by atoms with Gasteiger partial charge in [0.1, 0.15) is 0 Å². The quantitative estimate of drug-likeness (QED) is 0.492. The summed E-state index contributed by atoms with van der Waals surface area (Å²) in [6.07, 6.45) is 0.366. The topological polar surface area (TPSA) is 52.5 Å². The van der Waals surface area contributed by atoms with Crippen LogP contribution in [0.1, 0.15) is 47.9 Å². The number of nitrogens with zero attached hydrogens (tertiary/aromatic N) is 2. The van der Waals surface area contributed by atoms with Gasteiger partial charge in [0.15, 0.2) is 23.0 Å². The predicted molar refractivity (Wildman–Crippen MR) is 127 cm³/mol. The predicted octanol–water partition coefficient (Wildman–Crippen LogP) is 5.65. The van der Waals surface area contributed by atoms with E-state index in [-0.39, 0.29) is 6.04 Å². The van der Waals surface area contributed by atoms with Gasteiger partial charge >= 0.3 is 0 Å². The van der Waals surface area contributed by atoms with Crippen molar-refractivity contribution in [1.29, 1.82) is 0 Å². The van der Waals surface area contributed by atoms with Crippen LogP contribution in [0.4, 0.5) is 0 Å². The summed E-state index contributed by atoms with van der Waals surface area (Å²) in [6.45, 7) is 4.64. The molecule has 0 aromatic heterocycles. The fourth-order valence-corrected chi connectivity index (χ4v) is 4.50. The van der Waals surface area contributed by atoms with Crippen LogP contribution in [0.2, 0.25) is 0 Å². The van der Waals surface area contributed by atoms with Crippen molar-refractivity contribution in [3.05, 3.63) is 82.9 Å². The maximum atomic E-state index is 6.59. The van der Waals surface area contributed by atoms with Gasteiger partial charge in [0, 0.05) is 17.5 Å². The highest BCUT2D eigenvalue weighted by Crippen LogP contribution is 2.51. The Morgan fingerprint density at radius 3 is 2.48 bits per heavy atom. The minimum Gasteiger partial charge on any atom is -0.493 e. The van der Waals surface area contributed by atoms with Crippen molar-refractivity contribution < 1.29 is 18.9 Å². The van der Waals surface area contributed by atoms with E-state index in [1.165, 1.54) is 5.56 Å². The average molecular weight is 445 g/mol. The molecular formula is C27H28N2O4. The highest BCUT2D eigenvalue weighted by atomic mass is 16.5. The van der Waals surface area contributed by atoms with Gasteiger partial charge in [-0.2, -0.15) is 5.10 Å². The van der Waals surface area contributed by atoms with E-state index in [0.717, 1.165) is 40.3 Å². The monoisotopic (exact) mass is 444 g/mol. The van der Waals surface area contributed by atoms with Crippen molar-refractivity contribution in [2.75, 3.05) is 20.8 Å². The van der Waals surface area contributed by atoms with Crippen LogP contribution in [0.3, 0.4) is 0 Å². The molecule has 5 rings (SSSR count). The second-order valence-electron chi connectivity index (χ2n) is 8.20. The lowest BCUT2D eigenvalue weighted by atomic mass is 9.95. The molecule has 0 N–H and O–H groups in total. The Kier molecular flexibility index (Phi) is 5.58. The lowest BCUT2D eigenvalue weighted by molar-refractivity contribution is -0.0213. The van der Waals surface area contributed by atoms with Gasteiger partial charge in [-0.3, -0.25) is 0 Å². The summed E-state index contributed by atoms with van der Waals surface area (Å²) in [5.41, 5.74) is 5.42. The second-order valence-corrected chi connectivity index (χ2v) is 8.20. The highest BCUT2D eigenvalue weighted by molar-refractivity contribution is 6.02. The first-order valence-electron chi connectivity index (χ1n) is 11.2. The number of rotatable bonds is 6. The number of para-hydroxylation sites is 1. The van der Waals surface area contributed by atoms with Crippen LogP contribution < -0.4 is 18.9 Å². The van der Waals surface area contributed by atoms with Gasteiger partial charge in [-0.15, -0.1) is 0 Å². The van der Waals surface area contributed by atoms with Crippen molar-refractivity contribution in [2.24, 2.45) is 5.10 Å². The molecule has 0 spiro atoms. The molecule has 0 bridgehead atoms. The van der Waals surface area contributed by atoms with E-state index in [9.17, 15) is 0 Å². The number of hydrogen-bond donors (Lipinski definition) is 0. The molecule has 0 saturated heterocycles. The Labute approximate surface area is 194 Å². The Bertz CT molecular complexity index is 1190. The first-order valence-corrected chi connectivity index (χ1v) is 11.2. The molecule has 170 valence electrons. The summed E-state index contributed by atoms with van der Waals surface area (Å²) in [6, 6.07) is 20.5. The van der Waals surface area contributed by atoms with Crippen molar-refractivity contribution in [2.45, 2.75) is 32.5 Å². The molecule has 0 radical (unpaired) electrons. The summed E-state index contributed by atoms with van der Waals surface area (Å²) in [4.78, 5) is 0. The third-order valence-electron chi connectivity index (χ3n) is 6.16. The van der Waals surface area contributed by atoms with Gasteiger partial charge in [0.2, 0.25) is 6.23 Å². The number of benzene rings is 3. The molecule has 2 aliphatic heterocycles. The maximum Gasteiger partial charge on any atom is 0.214 e. The molecular weight excluding hydrogens is 416 g/mol. The number of ether oxygens (including phenoxy) is 4. The van der Waals surface area contributed by atoms with Crippen LogP contribution in [-0.2, 0) is 0 Å². The van der Waals surface area contributed by atoms with Crippen LogP contribution in [0.15, 0.2) is 65.8 Å². The van der Waals surface area contributed by atoms with E-state index < -0.39 is 6.23 Å².